The third kappa shape index (κ3) is 4.94. The number of anilines is 1. The molecule has 0 saturated carbocycles. The zero-order valence-electron chi connectivity index (χ0n) is 18.5. The zero-order valence-corrected chi connectivity index (χ0v) is 18.5. The van der Waals surface area contributed by atoms with E-state index >= 15 is 0 Å². The zero-order chi connectivity index (χ0) is 22.5. The summed E-state index contributed by atoms with van der Waals surface area (Å²) in [6.07, 6.45) is 0.887. The van der Waals surface area contributed by atoms with Gasteiger partial charge in [-0.3, -0.25) is 15.0 Å². The third-order valence-electron chi connectivity index (χ3n) is 6.04. The predicted molar refractivity (Wildman–Crippen MR) is 122 cm³/mol. The van der Waals surface area contributed by atoms with Gasteiger partial charge in [-0.15, -0.1) is 5.10 Å². The highest BCUT2D eigenvalue weighted by molar-refractivity contribution is 5.51. The summed E-state index contributed by atoms with van der Waals surface area (Å²) < 4.78 is 1.94. The highest BCUT2D eigenvalue weighted by Gasteiger charge is 2.31. The van der Waals surface area contributed by atoms with Crippen molar-refractivity contribution in [3.63, 3.8) is 0 Å². The van der Waals surface area contributed by atoms with E-state index in [0.717, 1.165) is 50.7 Å². The van der Waals surface area contributed by atoms with Crippen LogP contribution in [0.3, 0.4) is 0 Å². The van der Waals surface area contributed by atoms with E-state index in [1.165, 1.54) is 5.56 Å². The second kappa shape index (κ2) is 9.86. The molecule has 0 bridgehead atoms. The van der Waals surface area contributed by atoms with Crippen molar-refractivity contribution in [2.24, 2.45) is 5.92 Å². The van der Waals surface area contributed by atoms with Gasteiger partial charge in [0.15, 0.2) is 5.82 Å². The van der Waals surface area contributed by atoms with E-state index in [0.29, 0.717) is 5.92 Å². The minimum absolute atomic E-state index is 0.120. The number of piperazine rings is 1. The Bertz CT molecular complexity index is 1010. The minimum atomic E-state index is -0.364. The lowest BCUT2D eigenvalue weighted by molar-refractivity contribution is -0.384. The lowest BCUT2D eigenvalue weighted by Gasteiger charge is -2.41. The molecule has 168 valence electrons. The Morgan fingerprint density at radius 1 is 1.00 bits per heavy atom. The number of tetrazole rings is 1. The van der Waals surface area contributed by atoms with Gasteiger partial charge in [0.2, 0.25) is 0 Å². The molecule has 0 radical (unpaired) electrons. The first-order chi connectivity index (χ1) is 15.5. The Labute approximate surface area is 187 Å². The van der Waals surface area contributed by atoms with Crippen LogP contribution in [0.2, 0.25) is 0 Å². The predicted octanol–water partition coefficient (Wildman–Crippen LogP) is 3.34. The van der Waals surface area contributed by atoms with E-state index in [-0.39, 0.29) is 16.7 Å². The summed E-state index contributed by atoms with van der Waals surface area (Å²) in [5, 5.41) is 23.6. The summed E-state index contributed by atoms with van der Waals surface area (Å²) in [4.78, 5) is 15.3. The number of aryl methyl sites for hydroxylation is 2. The molecular formula is C23H29N7O2. The van der Waals surface area contributed by atoms with E-state index in [2.05, 4.69) is 63.4 Å². The Morgan fingerprint density at radius 3 is 2.31 bits per heavy atom. The molecule has 1 fully saturated rings. The van der Waals surface area contributed by atoms with E-state index in [1.54, 1.807) is 12.1 Å². The molecule has 0 spiro atoms. The molecule has 9 heteroatoms. The summed E-state index contributed by atoms with van der Waals surface area (Å²) in [6, 6.07) is 17.3. The summed E-state index contributed by atoms with van der Waals surface area (Å²) in [6.45, 7) is 8.64. The molecule has 0 unspecified atom stereocenters. The van der Waals surface area contributed by atoms with Gasteiger partial charge in [-0.25, -0.2) is 4.68 Å². The first-order valence-corrected chi connectivity index (χ1v) is 11.1. The van der Waals surface area contributed by atoms with E-state index in [1.807, 2.05) is 22.9 Å². The molecular weight excluding hydrogens is 406 g/mol. The Hall–Kier alpha value is -3.33. The van der Waals surface area contributed by atoms with Gasteiger partial charge < -0.3 is 4.90 Å². The van der Waals surface area contributed by atoms with Gasteiger partial charge in [-0.05, 0) is 40.5 Å². The number of non-ortho nitro benzene ring substituents is 1. The van der Waals surface area contributed by atoms with Crippen molar-refractivity contribution in [2.75, 3.05) is 31.1 Å². The molecule has 9 nitrogen and oxygen atoms in total. The smallest absolute Gasteiger partial charge is 0.269 e. The Morgan fingerprint density at radius 2 is 1.69 bits per heavy atom. The van der Waals surface area contributed by atoms with Crippen LogP contribution in [-0.4, -0.2) is 56.2 Å². The number of nitrogens with zero attached hydrogens (tertiary/aromatic N) is 7. The van der Waals surface area contributed by atoms with Crippen LogP contribution < -0.4 is 4.90 Å². The highest BCUT2D eigenvalue weighted by atomic mass is 16.6. The second-order valence-corrected chi connectivity index (χ2v) is 8.48. The maximum absolute atomic E-state index is 10.9. The molecule has 1 atom stereocenters. The van der Waals surface area contributed by atoms with Crippen molar-refractivity contribution in [1.82, 2.24) is 25.1 Å². The van der Waals surface area contributed by atoms with Gasteiger partial charge in [0.1, 0.15) is 0 Å². The molecule has 0 amide bonds. The lowest BCUT2D eigenvalue weighted by Crippen LogP contribution is -2.49. The fourth-order valence-corrected chi connectivity index (χ4v) is 4.39. The van der Waals surface area contributed by atoms with Crippen LogP contribution >= 0.6 is 0 Å². The summed E-state index contributed by atoms with van der Waals surface area (Å²) in [5.74, 6) is 1.28. The number of benzene rings is 2. The maximum atomic E-state index is 10.9. The van der Waals surface area contributed by atoms with Gasteiger partial charge in [0, 0.05) is 50.5 Å². The average molecular weight is 436 g/mol. The van der Waals surface area contributed by atoms with E-state index < -0.39 is 0 Å². The first kappa shape index (κ1) is 21.9. The van der Waals surface area contributed by atoms with Crippen molar-refractivity contribution in [3.05, 3.63) is 76.1 Å². The first-order valence-electron chi connectivity index (χ1n) is 11.1. The lowest BCUT2D eigenvalue weighted by atomic mass is 10.0. The van der Waals surface area contributed by atoms with Crippen LogP contribution in [-0.2, 0) is 13.0 Å². The topological polar surface area (TPSA) is 93.2 Å². The van der Waals surface area contributed by atoms with Crippen LogP contribution in [0.5, 0.6) is 0 Å². The summed E-state index contributed by atoms with van der Waals surface area (Å²) >= 11 is 0. The molecule has 0 N–H and O–H groups in total. The number of nitro benzene ring substituents is 1. The quantitative estimate of drug-likeness (QED) is 0.396. The number of hydrogen-bond acceptors (Lipinski definition) is 7. The summed E-state index contributed by atoms with van der Waals surface area (Å²) in [5.41, 5.74) is 2.41. The van der Waals surface area contributed by atoms with Gasteiger partial charge in [-0.2, -0.15) is 0 Å². The maximum Gasteiger partial charge on any atom is 0.269 e. The van der Waals surface area contributed by atoms with Crippen molar-refractivity contribution in [3.8, 4) is 0 Å². The molecule has 0 aliphatic carbocycles. The molecule has 32 heavy (non-hydrogen) atoms. The van der Waals surface area contributed by atoms with Crippen LogP contribution in [0, 0.1) is 16.0 Å². The molecule has 1 aliphatic rings. The second-order valence-electron chi connectivity index (χ2n) is 8.48. The SMILES string of the molecule is CC(C)[C@@H](c1nnnn1CCc1ccccc1)N1CCN(c2ccc([N+](=O)[O-])cc2)CC1. The molecule has 1 aliphatic heterocycles. The fourth-order valence-electron chi connectivity index (χ4n) is 4.39. The molecule has 4 rings (SSSR count). The highest BCUT2D eigenvalue weighted by Crippen LogP contribution is 2.29. The van der Waals surface area contributed by atoms with Crippen molar-refractivity contribution < 1.29 is 4.92 Å². The van der Waals surface area contributed by atoms with Crippen LogP contribution in [0.4, 0.5) is 11.4 Å². The number of aromatic nitrogens is 4. The Balaban J connectivity index is 1.42. The molecule has 1 saturated heterocycles. The van der Waals surface area contributed by atoms with Gasteiger partial charge in [0.25, 0.3) is 5.69 Å². The van der Waals surface area contributed by atoms with Crippen LogP contribution in [0.25, 0.3) is 0 Å². The van der Waals surface area contributed by atoms with Gasteiger partial charge in [0.05, 0.1) is 11.0 Å². The van der Waals surface area contributed by atoms with Crippen molar-refractivity contribution in [1.29, 1.82) is 0 Å². The standard InChI is InChI=1S/C23H29N7O2/c1-18(2)22(23-24-25-26-29(23)13-12-19-6-4-3-5-7-19)28-16-14-27(15-17-28)20-8-10-21(11-9-20)30(31)32/h3-11,18,22H,12-17H2,1-2H3/t22-/m0/s1. The third-order valence-corrected chi connectivity index (χ3v) is 6.04. The molecule has 2 heterocycles. The van der Waals surface area contributed by atoms with Crippen LogP contribution in [0.1, 0.15) is 31.3 Å². The fraction of sp³-hybridized carbons (Fsp3) is 0.435. The number of rotatable bonds is 8. The van der Waals surface area contributed by atoms with Gasteiger partial charge >= 0.3 is 0 Å². The molecule has 3 aromatic rings. The summed E-state index contributed by atoms with van der Waals surface area (Å²) in [7, 11) is 0. The monoisotopic (exact) mass is 435 g/mol. The minimum Gasteiger partial charge on any atom is -0.369 e. The molecule has 1 aromatic heterocycles. The Kier molecular flexibility index (Phi) is 6.75. The largest absolute Gasteiger partial charge is 0.369 e. The molecule has 2 aromatic carbocycles. The van der Waals surface area contributed by atoms with Gasteiger partial charge in [-0.1, -0.05) is 44.2 Å². The van der Waals surface area contributed by atoms with E-state index in [9.17, 15) is 10.1 Å². The van der Waals surface area contributed by atoms with E-state index in [4.69, 9.17) is 0 Å². The average Bonchev–Trinajstić information content (AvgIpc) is 3.27. The van der Waals surface area contributed by atoms with Crippen LogP contribution in [0.15, 0.2) is 54.6 Å². The van der Waals surface area contributed by atoms with Crippen molar-refractivity contribution >= 4 is 11.4 Å². The normalized spacial score (nSPS) is 15.8. The number of hydrogen-bond donors (Lipinski definition) is 0. The number of nitro groups is 1. The van der Waals surface area contributed by atoms with Crippen molar-refractivity contribution in [2.45, 2.75) is 32.9 Å².